The fraction of sp³-hybridized carbons (Fsp3) is 0.100. The first-order valence-electron chi connectivity index (χ1n) is 18.7. The van der Waals surface area contributed by atoms with Crippen LogP contribution in [0, 0.1) is 0 Å². The molecule has 0 bridgehead atoms. The fourth-order valence-electron chi connectivity index (χ4n) is 8.78. The number of hydrogen-bond acceptors (Lipinski definition) is 4. The van der Waals surface area contributed by atoms with Crippen molar-refractivity contribution in [2.24, 2.45) is 0 Å². The minimum absolute atomic E-state index is 0.0617. The molecular weight excluding hydrogens is 661 g/mol. The smallest absolute Gasteiger partial charge is 0.227 e. The summed E-state index contributed by atoms with van der Waals surface area (Å²) in [5.41, 5.74) is 14.0. The van der Waals surface area contributed by atoms with Crippen LogP contribution in [0.15, 0.2) is 178 Å². The van der Waals surface area contributed by atoms with Crippen molar-refractivity contribution in [2.75, 3.05) is 4.90 Å². The van der Waals surface area contributed by atoms with Crippen molar-refractivity contribution in [1.29, 1.82) is 0 Å². The van der Waals surface area contributed by atoms with Crippen LogP contribution in [0.2, 0.25) is 0 Å². The third kappa shape index (κ3) is 4.80. The third-order valence-corrected chi connectivity index (χ3v) is 11.6. The second-order valence-corrected chi connectivity index (χ2v) is 15.2. The standard InChI is InChI=1S/C50H36N2O2/c1-50(2)43-15-9-8-14-39(43)40-27-37(22-24-44(40)50)52(36-20-18-32(19-21-36)35-17-16-31-10-6-7-13-34(31)26-35)38-23-25-46-41(28-38)42-29-45-48(30-47(42)53-46)54-49(51-45)33-11-4-3-5-12-33/h3-18,20-30,32H,19H2,1-2H3. The van der Waals surface area contributed by atoms with Crippen LogP contribution in [0.25, 0.3) is 66.4 Å². The molecule has 0 saturated carbocycles. The van der Waals surface area contributed by atoms with Gasteiger partial charge in [-0.25, -0.2) is 4.98 Å². The fourth-order valence-corrected chi connectivity index (χ4v) is 8.78. The lowest BCUT2D eigenvalue weighted by molar-refractivity contribution is 0.617. The quantitative estimate of drug-likeness (QED) is 0.180. The molecule has 0 saturated heterocycles. The maximum Gasteiger partial charge on any atom is 0.227 e. The van der Waals surface area contributed by atoms with E-state index in [1.807, 2.05) is 36.4 Å². The summed E-state index contributed by atoms with van der Waals surface area (Å²) in [4.78, 5) is 7.28. The molecule has 7 aromatic carbocycles. The van der Waals surface area contributed by atoms with Crippen LogP contribution in [-0.2, 0) is 5.41 Å². The van der Waals surface area contributed by atoms with Crippen LogP contribution >= 0.6 is 0 Å². The maximum atomic E-state index is 6.44. The Bertz CT molecular complexity index is 3010. The molecule has 1 atom stereocenters. The maximum absolute atomic E-state index is 6.44. The van der Waals surface area contributed by atoms with E-state index in [0.29, 0.717) is 17.4 Å². The van der Waals surface area contributed by atoms with Crippen LogP contribution in [0.3, 0.4) is 0 Å². The van der Waals surface area contributed by atoms with E-state index in [0.717, 1.165) is 56.5 Å². The Morgan fingerprint density at radius 2 is 1.37 bits per heavy atom. The Kier molecular flexibility index (Phi) is 6.69. The highest BCUT2D eigenvalue weighted by Crippen LogP contribution is 2.50. The van der Waals surface area contributed by atoms with Gasteiger partial charge in [0, 0.05) is 50.8 Å². The second kappa shape index (κ2) is 11.7. The monoisotopic (exact) mass is 696 g/mol. The van der Waals surface area contributed by atoms with E-state index in [2.05, 4.69) is 146 Å². The highest BCUT2D eigenvalue weighted by atomic mass is 16.4. The van der Waals surface area contributed by atoms with Crippen LogP contribution in [0.5, 0.6) is 0 Å². The number of allylic oxidation sites excluding steroid dienone is 3. The van der Waals surface area contributed by atoms with Gasteiger partial charge in [-0.05, 0) is 99.6 Å². The lowest BCUT2D eigenvalue weighted by Crippen LogP contribution is -2.18. The lowest BCUT2D eigenvalue weighted by atomic mass is 9.82. The van der Waals surface area contributed by atoms with E-state index in [4.69, 9.17) is 13.8 Å². The Labute approximate surface area is 313 Å². The van der Waals surface area contributed by atoms with E-state index >= 15 is 0 Å². The van der Waals surface area contributed by atoms with Crippen LogP contribution < -0.4 is 4.90 Å². The molecule has 9 aromatic rings. The van der Waals surface area contributed by atoms with E-state index in [1.54, 1.807) is 0 Å². The van der Waals surface area contributed by atoms with Crippen molar-refractivity contribution in [3.63, 3.8) is 0 Å². The number of fused-ring (bicyclic) bond motifs is 8. The zero-order valence-corrected chi connectivity index (χ0v) is 30.1. The van der Waals surface area contributed by atoms with Gasteiger partial charge in [0.1, 0.15) is 16.7 Å². The minimum Gasteiger partial charge on any atom is -0.456 e. The number of rotatable bonds is 5. The molecule has 0 fully saturated rings. The first-order chi connectivity index (χ1) is 26.5. The summed E-state index contributed by atoms with van der Waals surface area (Å²) >= 11 is 0. The largest absolute Gasteiger partial charge is 0.456 e. The van der Waals surface area contributed by atoms with Crippen molar-refractivity contribution in [3.05, 3.63) is 186 Å². The molecule has 0 radical (unpaired) electrons. The third-order valence-electron chi connectivity index (χ3n) is 11.6. The van der Waals surface area contributed by atoms with Gasteiger partial charge < -0.3 is 13.7 Å². The molecule has 258 valence electrons. The molecule has 11 rings (SSSR count). The predicted molar refractivity (Wildman–Crippen MR) is 221 cm³/mol. The normalized spacial score (nSPS) is 15.9. The average molecular weight is 697 g/mol. The van der Waals surface area contributed by atoms with E-state index < -0.39 is 0 Å². The SMILES string of the molecule is CC1(C)c2ccccc2-c2cc(N(C3=CCC(c4ccc5ccccc5c4)C=C3)c3ccc4oc5cc6oc(-c7ccccc7)nc6cc5c4c3)ccc21. The first-order valence-corrected chi connectivity index (χ1v) is 18.7. The Morgan fingerprint density at radius 1 is 0.611 bits per heavy atom. The van der Waals surface area contributed by atoms with Crippen molar-refractivity contribution in [3.8, 4) is 22.6 Å². The summed E-state index contributed by atoms with van der Waals surface area (Å²) in [7, 11) is 0. The highest BCUT2D eigenvalue weighted by Gasteiger charge is 2.35. The molecule has 4 heteroatoms. The van der Waals surface area contributed by atoms with Gasteiger partial charge in [-0.15, -0.1) is 0 Å². The summed E-state index contributed by atoms with van der Waals surface area (Å²) in [5, 5.41) is 4.61. The molecule has 2 aliphatic carbocycles. The molecule has 2 aliphatic rings. The molecule has 0 spiro atoms. The van der Waals surface area contributed by atoms with E-state index in [-0.39, 0.29) is 5.41 Å². The number of benzene rings is 7. The van der Waals surface area contributed by atoms with Gasteiger partial charge in [-0.2, -0.15) is 0 Å². The zero-order valence-electron chi connectivity index (χ0n) is 30.1. The molecule has 2 aromatic heterocycles. The average Bonchev–Trinajstić information content (AvgIpc) is 3.87. The predicted octanol–water partition coefficient (Wildman–Crippen LogP) is 13.6. The van der Waals surface area contributed by atoms with Gasteiger partial charge in [-0.3, -0.25) is 0 Å². The number of nitrogens with zero attached hydrogens (tertiary/aromatic N) is 2. The molecule has 0 amide bonds. The summed E-state index contributed by atoms with van der Waals surface area (Å²) < 4.78 is 12.6. The molecule has 54 heavy (non-hydrogen) atoms. The van der Waals surface area contributed by atoms with Gasteiger partial charge in [-0.1, -0.05) is 117 Å². The molecular formula is C50H36N2O2. The molecule has 1 unspecified atom stereocenters. The zero-order chi connectivity index (χ0) is 36.0. The number of hydrogen-bond donors (Lipinski definition) is 0. The van der Waals surface area contributed by atoms with Gasteiger partial charge in [0.05, 0.1) is 0 Å². The lowest BCUT2D eigenvalue weighted by Gasteiger charge is -2.30. The van der Waals surface area contributed by atoms with Gasteiger partial charge in [0.2, 0.25) is 5.89 Å². The van der Waals surface area contributed by atoms with Crippen molar-refractivity contribution < 1.29 is 8.83 Å². The van der Waals surface area contributed by atoms with Gasteiger partial charge in [0.15, 0.2) is 5.58 Å². The number of oxazole rings is 1. The number of aromatic nitrogens is 1. The van der Waals surface area contributed by atoms with Crippen LogP contribution in [-0.4, -0.2) is 4.98 Å². The van der Waals surface area contributed by atoms with Crippen LogP contribution in [0.1, 0.15) is 42.9 Å². The number of anilines is 2. The Hall–Kier alpha value is -6.65. The second-order valence-electron chi connectivity index (χ2n) is 15.2. The minimum atomic E-state index is -0.0617. The Morgan fingerprint density at radius 3 is 2.24 bits per heavy atom. The molecule has 2 heterocycles. The summed E-state index contributed by atoms with van der Waals surface area (Å²) in [6.07, 6.45) is 7.98. The van der Waals surface area contributed by atoms with Gasteiger partial charge >= 0.3 is 0 Å². The van der Waals surface area contributed by atoms with Crippen molar-refractivity contribution in [2.45, 2.75) is 31.6 Å². The molecule has 0 N–H and O–H groups in total. The molecule has 4 nitrogen and oxygen atoms in total. The van der Waals surface area contributed by atoms with E-state index in [9.17, 15) is 0 Å². The van der Waals surface area contributed by atoms with Crippen molar-refractivity contribution >= 4 is 55.2 Å². The highest BCUT2D eigenvalue weighted by molar-refractivity contribution is 6.10. The van der Waals surface area contributed by atoms with E-state index in [1.165, 1.54) is 38.6 Å². The molecule has 0 aliphatic heterocycles. The topological polar surface area (TPSA) is 42.4 Å². The first kappa shape index (κ1) is 30.9. The van der Waals surface area contributed by atoms with Gasteiger partial charge in [0.25, 0.3) is 0 Å². The van der Waals surface area contributed by atoms with Crippen molar-refractivity contribution in [1.82, 2.24) is 4.98 Å². The summed E-state index contributed by atoms with van der Waals surface area (Å²) in [6, 6.07) is 52.0. The van der Waals surface area contributed by atoms with Crippen LogP contribution in [0.4, 0.5) is 11.4 Å². The summed E-state index contributed by atoms with van der Waals surface area (Å²) in [5.74, 6) is 0.910. The number of furan rings is 1. The summed E-state index contributed by atoms with van der Waals surface area (Å²) in [6.45, 7) is 4.67. The Balaban J connectivity index is 1.04.